The number of hydrogen-bond donors (Lipinski definition) is 2. The number of carbonyl (C=O) groups excluding carboxylic acids is 2. The van der Waals surface area contributed by atoms with Crippen LogP contribution in [-0.4, -0.2) is 38.2 Å². The summed E-state index contributed by atoms with van der Waals surface area (Å²) in [5, 5.41) is 12.2. The van der Waals surface area contributed by atoms with Crippen molar-refractivity contribution in [2.45, 2.75) is 26.3 Å². The van der Waals surface area contributed by atoms with Crippen LogP contribution in [-0.2, 0) is 16.0 Å². The van der Waals surface area contributed by atoms with Crippen LogP contribution in [0.2, 0.25) is 0 Å². The summed E-state index contributed by atoms with van der Waals surface area (Å²) in [5.41, 5.74) is 5.64. The Labute approximate surface area is 197 Å². The molecule has 0 radical (unpaired) electrons. The lowest BCUT2D eigenvalue weighted by molar-refractivity contribution is -0.139. The number of benzene rings is 2. The summed E-state index contributed by atoms with van der Waals surface area (Å²) in [5.74, 6) is -1.49. The second-order valence-corrected chi connectivity index (χ2v) is 8.76. The van der Waals surface area contributed by atoms with Gasteiger partial charge in [-0.2, -0.15) is 0 Å². The fourth-order valence-corrected chi connectivity index (χ4v) is 4.61. The number of rotatable bonds is 5. The predicted octanol–water partition coefficient (Wildman–Crippen LogP) is 4.84. The Morgan fingerprint density at radius 2 is 1.82 bits per heavy atom. The van der Waals surface area contributed by atoms with E-state index in [0.717, 1.165) is 27.6 Å². The molecule has 0 bridgehead atoms. The van der Waals surface area contributed by atoms with Gasteiger partial charge >= 0.3 is 0 Å². The Morgan fingerprint density at radius 1 is 1.06 bits per heavy atom. The number of Topliss-reactive ketones (excluding diaryl/α,β-unsaturated/α-hetero) is 1. The average Bonchev–Trinajstić information content (AvgIpc) is 3.36. The molecule has 1 aliphatic heterocycles. The first-order valence-electron chi connectivity index (χ1n) is 11.3. The maximum atomic E-state index is 13.2. The summed E-state index contributed by atoms with van der Waals surface area (Å²) < 4.78 is 0. The van der Waals surface area contributed by atoms with Crippen molar-refractivity contribution in [2.24, 2.45) is 0 Å². The molecule has 170 valence electrons. The molecular formula is C28H25N3O3. The molecule has 1 atom stereocenters. The first-order chi connectivity index (χ1) is 16.4. The molecule has 4 aromatic rings. The van der Waals surface area contributed by atoms with Gasteiger partial charge < -0.3 is 15.0 Å². The zero-order chi connectivity index (χ0) is 23.8. The maximum Gasteiger partial charge on any atom is 0.295 e. The van der Waals surface area contributed by atoms with E-state index in [1.54, 1.807) is 23.2 Å². The molecule has 1 fully saturated rings. The van der Waals surface area contributed by atoms with Crippen molar-refractivity contribution in [1.82, 2.24) is 14.9 Å². The van der Waals surface area contributed by atoms with Crippen molar-refractivity contribution in [2.75, 3.05) is 6.54 Å². The molecule has 5 rings (SSSR count). The summed E-state index contributed by atoms with van der Waals surface area (Å²) in [6.07, 6.45) is 5.61. The number of nitrogens with zero attached hydrogens (tertiary/aromatic N) is 2. The number of H-pyrrole nitrogens is 1. The van der Waals surface area contributed by atoms with E-state index in [9.17, 15) is 14.7 Å². The van der Waals surface area contributed by atoms with Gasteiger partial charge in [-0.05, 0) is 55.2 Å². The summed E-state index contributed by atoms with van der Waals surface area (Å²) in [6.45, 7) is 4.37. The van der Waals surface area contributed by atoms with Gasteiger partial charge in [-0.15, -0.1) is 0 Å². The molecule has 6 nitrogen and oxygen atoms in total. The van der Waals surface area contributed by atoms with Crippen LogP contribution < -0.4 is 0 Å². The van der Waals surface area contributed by atoms with Gasteiger partial charge in [-0.1, -0.05) is 42.0 Å². The van der Waals surface area contributed by atoms with Crippen LogP contribution in [0.4, 0.5) is 0 Å². The van der Waals surface area contributed by atoms with Crippen LogP contribution in [0.3, 0.4) is 0 Å². The van der Waals surface area contributed by atoms with E-state index in [1.165, 1.54) is 11.8 Å². The Kier molecular flexibility index (Phi) is 5.49. The highest BCUT2D eigenvalue weighted by atomic mass is 16.3. The Balaban J connectivity index is 1.55. The third-order valence-corrected chi connectivity index (χ3v) is 6.41. The van der Waals surface area contributed by atoms with Crippen LogP contribution in [0.1, 0.15) is 33.9 Å². The van der Waals surface area contributed by atoms with Crippen molar-refractivity contribution in [3.63, 3.8) is 0 Å². The molecule has 3 heterocycles. The number of likely N-dealkylation sites (tertiary alicyclic amines) is 1. The fourth-order valence-electron chi connectivity index (χ4n) is 4.61. The summed E-state index contributed by atoms with van der Waals surface area (Å²) in [4.78, 5) is 35.2. The van der Waals surface area contributed by atoms with Gasteiger partial charge in [0.1, 0.15) is 5.76 Å². The molecule has 1 unspecified atom stereocenters. The summed E-state index contributed by atoms with van der Waals surface area (Å²) in [7, 11) is 0. The highest BCUT2D eigenvalue weighted by molar-refractivity contribution is 6.46. The zero-order valence-electron chi connectivity index (χ0n) is 19.1. The standard InChI is InChI=1S/C28H25N3O3/c1-17-5-8-19(9-6-17)25-24(26(32)21-4-3-12-29-15-21)27(33)28(34)31(25)13-11-20-16-30-23-14-18(2)7-10-22(20)23/h3-10,12,14-16,25,30,32H,11,13H2,1-2H3/b26-24+. The lowest BCUT2D eigenvalue weighted by Crippen LogP contribution is -2.31. The second kappa shape index (κ2) is 8.63. The van der Waals surface area contributed by atoms with Crippen molar-refractivity contribution in [1.29, 1.82) is 0 Å². The maximum absolute atomic E-state index is 13.2. The molecule has 2 aromatic heterocycles. The number of hydrogen-bond acceptors (Lipinski definition) is 4. The number of aryl methyl sites for hydroxylation is 2. The van der Waals surface area contributed by atoms with Crippen LogP contribution >= 0.6 is 0 Å². The molecule has 0 spiro atoms. The largest absolute Gasteiger partial charge is 0.507 e. The summed E-state index contributed by atoms with van der Waals surface area (Å²) >= 11 is 0. The minimum atomic E-state index is -0.679. The number of aliphatic hydroxyl groups excluding tert-OH is 1. The summed E-state index contributed by atoms with van der Waals surface area (Å²) in [6, 6.07) is 16.6. The lowest BCUT2D eigenvalue weighted by atomic mass is 9.95. The molecule has 2 N–H and O–H groups in total. The predicted molar refractivity (Wildman–Crippen MR) is 131 cm³/mol. The number of ketones is 1. The normalized spacial score (nSPS) is 17.6. The Bertz CT molecular complexity index is 1420. The molecule has 6 heteroatoms. The van der Waals surface area contributed by atoms with Crippen LogP contribution in [0, 0.1) is 13.8 Å². The Hall–Kier alpha value is -4.19. The average molecular weight is 452 g/mol. The van der Waals surface area contributed by atoms with E-state index in [1.807, 2.05) is 44.3 Å². The topological polar surface area (TPSA) is 86.3 Å². The van der Waals surface area contributed by atoms with Crippen LogP contribution in [0.25, 0.3) is 16.7 Å². The van der Waals surface area contributed by atoms with Gasteiger partial charge in [0.25, 0.3) is 11.7 Å². The van der Waals surface area contributed by atoms with Crippen molar-refractivity contribution >= 4 is 28.4 Å². The van der Waals surface area contributed by atoms with Gasteiger partial charge in [0, 0.05) is 41.6 Å². The number of aromatic amines is 1. The van der Waals surface area contributed by atoms with Gasteiger partial charge in [-0.3, -0.25) is 14.6 Å². The highest BCUT2D eigenvalue weighted by Gasteiger charge is 2.45. The van der Waals surface area contributed by atoms with E-state index in [4.69, 9.17) is 0 Å². The molecule has 34 heavy (non-hydrogen) atoms. The van der Waals surface area contributed by atoms with Gasteiger partial charge in [0.15, 0.2) is 0 Å². The van der Waals surface area contributed by atoms with Gasteiger partial charge in [0.2, 0.25) is 0 Å². The van der Waals surface area contributed by atoms with E-state index >= 15 is 0 Å². The third-order valence-electron chi connectivity index (χ3n) is 6.41. The SMILES string of the molecule is Cc1ccc(C2/C(=C(\O)c3cccnc3)C(=O)C(=O)N2CCc2c[nH]c3cc(C)ccc23)cc1. The minimum absolute atomic E-state index is 0.0939. The number of aromatic nitrogens is 2. The van der Waals surface area contributed by atoms with Gasteiger partial charge in [0.05, 0.1) is 11.6 Å². The van der Waals surface area contributed by atoms with E-state index in [2.05, 4.69) is 28.2 Å². The number of amides is 1. The fraction of sp³-hybridized carbons (Fsp3) is 0.179. The van der Waals surface area contributed by atoms with E-state index in [-0.39, 0.29) is 11.3 Å². The van der Waals surface area contributed by atoms with E-state index in [0.29, 0.717) is 18.5 Å². The molecule has 1 saturated heterocycles. The zero-order valence-corrected chi connectivity index (χ0v) is 19.1. The first-order valence-corrected chi connectivity index (χ1v) is 11.3. The quantitative estimate of drug-likeness (QED) is 0.258. The van der Waals surface area contributed by atoms with Crippen LogP contribution in [0.15, 0.2) is 78.8 Å². The molecule has 2 aromatic carbocycles. The van der Waals surface area contributed by atoms with Gasteiger partial charge in [-0.25, -0.2) is 0 Å². The molecule has 1 aliphatic rings. The first kappa shape index (κ1) is 21.6. The number of aliphatic hydroxyl groups is 1. The molecule has 0 aliphatic carbocycles. The highest BCUT2D eigenvalue weighted by Crippen LogP contribution is 2.39. The monoisotopic (exact) mass is 451 g/mol. The second-order valence-electron chi connectivity index (χ2n) is 8.76. The number of pyridine rings is 1. The lowest BCUT2D eigenvalue weighted by Gasteiger charge is -2.25. The molecule has 1 amide bonds. The number of fused-ring (bicyclic) bond motifs is 1. The number of nitrogens with one attached hydrogen (secondary N) is 1. The van der Waals surface area contributed by atoms with Crippen molar-refractivity contribution in [3.05, 3.63) is 107 Å². The number of carbonyl (C=O) groups is 2. The van der Waals surface area contributed by atoms with Crippen molar-refractivity contribution in [3.8, 4) is 0 Å². The smallest absolute Gasteiger partial charge is 0.295 e. The molecule has 0 saturated carbocycles. The van der Waals surface area contributed by atoms with Crippen molar-refractivity contribution < 1.29 is 14.7 Å². The minimum Gasteiger partial charge on any atom is -0.507 e. The van der Waals surface area contributed by atoms with E-state index < -0.39 is 17.7 Å². The van der Waals surface area contributed by atoms with Crippen LogP contribution in [0.5, 0.6) is 0 Å². The molecular weight excluding hydrogens is 426 g/mol. The Morgan fingerprint density at radius 3 is 2.56 bits per heavy atom. The third kappa shape index (κ3) is 3.77.